The fourth-order valence-corrected chi connectivity index (χ4v) is 3.87. The summed E-state index contributed by atoms with van der Waals surface area (Å²) in [7, 11) is 0. The SMILES string of the molecule is Clc1ccc2sc3c4ccccc4ccc3c2c1. The van der Waals surface area contributed by atoms with Gasteiger partial charge in [0.25, 0.3) is 0 Å². The Labute approximate surface area is 113 Å². The lowest BCUT2D eigenvalue weighted by atomic mass is 10.1. The molecule has 4 aromatic rings. The van der Waals surface area contributed by atoms with Crippen LogP contribution in [0.3, 0.4) is 0 Å². The molecule has 0 nitrogen and oxygen atoms in total. The zero-order chi connectivity index (χ0) is 12.1. The van der Waals surface area contributed by atoms with Gasteiger partial charge in [0.05, 0.1) is 0 Å². The highest BCUT2D eigenvalue weighted by Gasteiger charge is 2.08. The largest absolute Gasteiger partial charge is 0.135 e. The summed E-state index contributed by atoms with van der Waals surface area (Å²) in [6, 6.07) is 19.0. The molecule has 1 heterocycles. The summed E-state index contributed by atoms with van der Waals surface area (Å²) in [6.45, 7) is 0. The predicted molar refractivity (Wildman–Crippen MR) is 81.8 cm³/mol. The van der Waals surface area contributed by atoms with Crippen molar-refractivity contribution in [2.75, 3.05) is 0 Å². The number of thiophene rings is 1. The molecule has 0 radical (unpaired) electrons. The molecule has 0 fully saturated rings. The summed E-state index contributed by atoms with van der Waals surface area (Å²) in [5.41, 5.74) is 0. The number of hydrogen-bond acceptors (Lipinski definition) is 1. The Balaban J connectivity index is 2.30. The van der Waals surface area contributed by atoms with E-state index >= 15 is 0 Å². The lowest BCUT2D eigenvalue weighted by Crippen LogP contribution is -1.72. The van der Waals surface area contributed by atoms with Crippen LogP contribution in [0.2, 0.25) is 5.02 Å². The number of rotatable bonds is 0. The van der Waals surface area contributed by atoms with Gasteiger partial charge in [-0.15, -0.1) is 11.3 Å². The maximum atomic E-state index is 6.10. The highest BCUT2D eigenvalue weighted by atomic mass is 35.5. The highest BCUT2D eigenvalue weighted by molar-refractivity contribution is 7.26. The zero-order valence-electron chi connectivity index (χ0n) is 9.48. The minimum absolute atomic E-state index is 0.801. The van der Waals surface area contributed by atoms with Crippen LogP contribution in [0.15, 0.2) is 54.6 Å². The van der Waals surface area contributed by atoms with E-state index < -0.39 is 0 Å². The monoisotopic (exact) mass is 268 g/mol. The summed E-state index contributed by atoms with van der Waals surface area (Å²) < 4.78 is 2.65. The number of hydrogen-bond donors (Lipinski definition) is 0. The van der Waals surface area contributed by atoms with E-state index in [1.54, 1.807) is 0 Å². The Morgan fingerprint density at radius 1 is 0.778 bits per heavy atom. The van der Waals surface area contributed by atoms with Crippen molar-refractivity contribution in [3.05, 3.63) is 59.6 Å². The Morgan fingerprint density at radius 2 is 1.67 bits per heavy atom. The van der Waals surface area contributed by atoms with Gasteiger partial charge in [0.15, 0.2) is 0 Å². The third-order valence-corrected chi connectivity index (χ3v) is 4.78. The van der Waals surface area contributed by atoms with Crippen molar-refractivity contribution in [2.24, 2.45) is 0 Å². The second-order valence-corrected chi connectivity index (χ2v) is 5.89. The van der Waals surface area contributed by atoms with Gasteiger partial charge in [0.2, 0.25) is 0 Å². The van der Waals surface area contributed by atoms with Crippen LogP contribution in [-0.2, 0) is 0 Å². The number of benzene rings is 3. The van der Waals surface area contributed by atoms with Crippen LogP contribution >= 0.6 is 22.9 Å². The second kappa shape index (κ2) is 3.71. The topological polar surface area (TPSA) is 0 Å². The first-order chi connectivity index (χ1) is 8.83. The van der Waals surface area contributed by atoms with Crippen molar-refractivity contribution >= 4 is 53.9 Å². The molecule has 86 valence electrons. The van der Waals surface area contributed by atoms with Crippen LogP contribution < -0.4 is 0 Å². The molecule has 0 amide bonds. The van der Waals surface area contributed by atoms with Crippen molar-refractivity contribution in [1.29, 1.82) is 0 Å². The molecule has 0 saturated heterocycles. The van der Waals surface area contributed by atoms with Crippen molar-refractivity contribution in [3.8, 4) is 0 Å². The fraction of sp³-hybridized carbons (Fsp3) is 0. The van der Waals surface area contributed by atoms with Gasteiger partial charge < -0.3 is 0 Å². The molecule has 0 bridgehead atoms. The smallest absolute Gasteiger partial charge is 0.0433 e. The Bertz CT molecular complexity index is 889. The normalized spacial score (nSPS) is 11.6. The summed E-state index contributed by atoms with van der Waals surface area (Å²) >= 11 is 7.94. The molecular weight excluding hydrogens is 260 g/mol. The molecular formula is C16H9ClS. The standard InChI is InChI=1S/C16H9ClS/c17-11-6-8-15-14(9-11)13-7-5-10-3-1-2-4-12(10)16(13)18-15/h1-9H. The highest BCUT2D eigenvalue weighted by Crippen LogP contribution is 2.39. The van der Waals surface area contributed by atoms with Crippen LogP contribution in [-0.4, -0.2) is 0 Å². The minimum atomic E-state index is 0.801. The molecule has 1 aromatic heterocycles. The maximum Gasteiger partial charge on any atom is 0.0433 e. The fourth-order valence-electron chi connectivity index (χ4n) is 2.48. The van der Waals surface area contributed by atoms with Gasteiger partial charge in [-0.3, -0.25) is 0 Å². The van der Waals surface area contributed by atoms with Crippen molar-refractivity contribution in [2.45, 2.75) is 0 Å². The van der Waals surface area contributed by atoms with Crippen LogP contribution in [0.25, 0.3) is 30.9 Å². The van der Waals surface area contributed by atoms with E-state index in [1.165, 1.54) is 30.9 Å². The average molecular weight is 269 g/mol. The number of fused-ring (bicyclic) bond motifs is 5. The average Bonchev–Trinajstić information content (AvgIpc) is 2.77. The quantitative estimate of drug-likeness (QED) is 0.375. The van der Waals surface area contributed by atoms with Gasteiger partial charge in [-0.1, -0.05) is 48.0 Å². The lowest BCUT2D eigenvalue weighted by molar-refractivity contribution is 1.81. The van der Waals surface area contributed by atoms with E-state index in [-0.39, 0.29) is 0 Å². The van der Waals surface area contributed by atoms with E-state index in [0.717, 1.165) is 5.02 Å². The van der Waals surface area contributed by atoms with Crippen molar-refractivity contribution < 1.29 is 0 Å². The predicted octanol–water partition coefficient (Wildman–Crippen LogP) is 5.86. The molecule has 0 aliphatic rings. The maximum absolute atomic E-state index is 6.10. The van der Waals surface area contributed by atoms with E-state index in [1.807, 2.05) is 17.4 Å². The van der Waals surface area contributed by atoms with Gasteiger partial charge in [-0.25, -0.2) is 0 Å². The summed E-state index contributed by atoms with van der Waals surface area (Å²) in [4.78, 5) is 0. The molecule has 0 aliphatic carbocycles. The van der Waals surface area contributed by atoms with Gasteiger partial charge in [-0.2, -0.15) is 0 Å². The van der Waals surface area contributed by atoms with E-state index in [2.05, 4.69) is 48.5 Å². The Hall–Kier alpha value is -1.57. The Morgan fingerprint density at radius 3 is 2.61 bits per heavy atom. The van der Waals surface area contributed by atoms with Gasteiger partial charge in [0.1, 0.15) is 0 Å². The van der Waals surface area contributed by atoms with E-state index in [9.17, 15) is 0 Å². The van der Waals surface area contributed by atoms with Crippen LogP contribution in [0, 0.1) is 0 Å². The summed E-state index contributed by atoms with van der Waals surface area (Å²) in [5, 5.41) is 5.98. The molecule has 0 atom stereocenters. The molecule has 0 spiro atoms. The van der Waals surface area contributed by atoms with Crippen LogP contribution in [0.5, 0.6) is 0 Å². The molecule has 0 N–H and O–H groups in total. The van der Waals surface area contributed by atoms with Crippen LogP contribution in [0.4, 0.5) is 0 Å². The van der Waals surface area contributed by atoms with Gasteiger partial charge in [0, 0.05) is 25.2 Å². The Kier molecular flexibility index (Phi) is 2.14. The summed E-state index contributed by atoms with van der Waals surface area (Å²) in [5.74, 6) is 0. The molecule has 3 aromatic carbocycles. The van der Waals surface area contributed by atoms with Crippen molar-refractivity contribution in [3.63, 3.8) is 0 Å². The van der Waals surface area contributed by atoms with E-state index in [0.29, 0.717) is 0 Å². The zero-order valence-corrected chi connectivity index (χ0v) is 11.1. The van der Waals surface area contributed by atoms with E-state index in [4.69, 9.17) is 11.6 Å². The first-order valence-corrected chi connectivity index (χ1v) is 7.02. The molecule has 18 heavy (non-hydrogen) atoms. The summed E-state index contributed by atoms with van der Waals surface area (Å²) in [6.07, 6.45) is 0. The lowest BCUT2D eigenvalue weighted by Gasteiger charge is -1.98. The molecule has 2 heteroatoms. The molecule has 0 unspecified atom stereocenters. The molecule has 0 aliphatic heterocycles. The third-order valence-electron chi connectivity index (χ3n) is 3.32. The second-order valence-electron chi connectivity index (χ2n) is 4.41. The third kappa shape index (κ3) is 1.38. The van der Waals surface area contributed by atoms with Crippen LogP contribution in [0.1, 0.15) is 0 Å². The van der Waals surface area contributed by atoms with Gasteiger partial charge in [-0.05, 0) is 29.0 Å². The van der Waals surface area contributed by atoms with Gasteiger partial charge >= 0.3 is 0 Å². The minimum Gasteiger partial charge on any atom is -0.135 e. The molecule has 4 rings (SSSR count). The van der Waals surface area contributed by atoms with Crippen molar-refractivity contribution in [1.82, 2.24) is 0 Å². The first-order valence-electron chi connectivity index (χ1n) is 5.82. The molecule has 0 saturated carbocycles. The first kappa shape index (κ1) is 10.4. The number of halogens is 1.